The predicted molar refractivity (Wildman–Crippen MR) is 184 cm³/mol. The summed E-state index contributed by atoms with van der Waals surface area (Å²) in [6.45, 7) is 10.5. The number of hydrogen-bond donors (Lipinski definition) is 2. The van der Waals surface area contributed by atoms with E-state index >= 15 is 0 Å². The second kappa shape index (κ2) is 26.5. The van der Waals surface area contributed by atoms with Crippen LogP contribution in [0.3, 0.4) is 0 Å². The molecule has 0 saturated heterocycles. The van der Waals surface area contributed by atoms with Gasteiger partial charge in [0.15, 0.2) is 0 Å². The van der Waals surface area contributed by atoms with Gasteiger partial charge < -0.3 is 20.3 Å². The van der Waals surface area contributed by atoms with Crippen LogP contribution in [0.15, 0.2) is 9.59 Å². The lowest BCUT2D eigenvalue weighted by atomic mass is 10.0. The van der Waals surface area contributed by atoms with Gasteiger partial charge in [0, 0.05) is 20.0 Å². The number of nitrogens with zero attached hydrogens (tertiary/aromatic N) is 1. The highest BCUT2D eigenvalue weighted by atomic mass is 16.5. The van der Waals surface area contributed by atoms with Gasteiger partial charge in [0.1, 0.15) is 17.5 Å². The Hall–Kier alpha value is -1.89. The zero-order valence-corrected chi connectivity index (χ0v) is 28.5. The van der Waals surface area contributed by atoms with Crippen molar-refractivity contribution in [3.63, 3.8) is 0 Å². The van der Waals surface area contributed by atoms with Gasteiger partial charge >= 0.3 is 5.97 Å². The number of carbonyl (C=O) groups is 1. The lowest BCUT2D eigenvalue weighted by Gasteiger charge is -2.22. The van der Waals surface area contributed by atoms with Crippen molar-refractivity contribution >= 4 is 17.3 Å². The lowest BCUT2D eigenvalue weighted by Crippen LogP contribution is -2.37. The molecule has 0 fully saturated rings. The molecule has 0 saturated carbocycles. The average Bonchev–Trinajstić information content (AvgIpc) is 3.00. The van der Waals surface area contributed by atoms with Crippen LogP contribution in [0.25, 0.3) is 0 Å². The van der Waals surface area contributed by atoms with E-state index in [2.05, 4.69) is 36.3 Å². The van der Waals surface area contributed by atoms with Crippen molar-refractivity contribution in [1.82, 2.24) is 4.90 Å². The van der Waals surface area contributed by atoms with E-state index in [1.54, 1.807) is 7.05 Å². The second-order valence-corrected chi connectivity index (χ2v) is 12.5. The summed E-state index contributed by atoms with van der Waals surface area (Å²) in [6.07, 6.45) is 25.7. The van der Waals surface area contributed by atoms with Gasteiger partial charge in [-0.2, -0.15) is 0 Å². The number of esters is 1. The molecule has 0 unspecified atom stereocenters. The Bertz CT molecular complexity index is 864. The number of ether oxygens (including phenoxy) is 1. The molecule has 1 rings (SSSR count). The molecule has 0 bridgehead atoms. The molecule has 0 atom stereocenters. The van der Waals surface area contributed by atoms with Gasteiger partial charge in [0.05, 0.1) is 0 Å². The van der Waals surface area contributed by atoms with Crippen LogP contribution in [-0.4, -0.2) is 50.2 Å². The van der Waals surface area contributed by atoms with Gasteiger partial charge in [-0.05, 0) is 71.0 Å². The first-order valence-corrected chi connectivity index (χ1v) is 18.1. The maximum atomic E-state index is 12.6. The minimum absolute atomic E-state index is 0.00950. The SMILES string of the molecule is CCCCCCCCC(CCCCCCCC)OC(=O)CCCCCCCN(CCC)CCCNc1c(NC)c(=O)c1=O. The molecule has 1 aromatic rings. The zero-order chi connectivity index (χ0) is 31.5. The molecule has 7 nitrogen and oxygen atoms in total. The molecule has 0 radical (unpaired) electrons. The fourth-order valence-corrected chi connectivity index (χ4v) is 5.91. The molecule has 0 amide bonds. The van der Waals surface area contributed by atoms with Crippen molar-refractivity contribution in [3.8, 4) is 0 Å². The monoisotopic (exact) mass is 606 g/mol. The summed E-state index contributed by atoms with van der Waals surface area (Å²) in [7, 11) is 1.67. The van der Waals surface area contributed by atoms with Crippen LogP contribution in [0, 0.1) is 0 Å². The van der Waals surface area contributed by atoms with E-state index < -0.39 is 10.9 Å². The summed E-state index contributed by atoms with van der Waals surface area (Å²) in [5.74, 6) is 0.00950. The maximum Gasteiger partial charge on any atom is 0.306 e. The normalized spacial score (nSPS) is 11.6. The van der Waals surface area contributed by atoms with Crippen LogP contribution in [0.1, 0.15) is 162 Å². The summed E-state index contributed by atoms with van der Waals surface area (Å²) < 4.78 is 6.00. The molecular formula is C36H67N3O4. The molecule has 0 spiro atoms. The van der Waals surface area contributed by atoms with E-state index in [9.17, 15) is 14.4 Å². The molecule has 7 heteroatoms. The first kappa shape index (κ1) is 39.1. The number of rotatable bonds is 31. The number of carbonyl (C=O) groups excluding carboxylic acids is 1. The standard InChI is InChI=1S/C36H67N3O4/c1-5-8-10-12-15-19-24-31(25-20-16-13-11-9-6-2)43-32(40)26-21-17-14-18-22-29-39(28-7-3)30-23-27-38-34-33(37-4)35(41)36(34)42/h31,37-38H,5-30H2,1-4H3. The molecule has 2 N–H and O–H groups in total. The summed E-state index contributed by atoms with van der Waals surface area (Å²) >= 11 is 0. The molecule has 250 valence electrons. The number of hydrogen-bond acceptors (Lipinski definition) is 7. The third-order valence-corrected chi connectivity index (χ3v) is 8.57. The molecule has 43 heavy (non-hydrogen) atoms. The fraction of sp³-hybridized carbons (Fsp3) is 0.861. The van der Waals surface area contributed by atoms with E-state index in [1.165, 1.54) is 89.9 Å². The Labute approximate surface area is 264 Å². The Morgan fingerprint density at radius 1 is 0.628 bits per heavy atom. The third-order valence-electron chi connectivity index (χ3n) is 8.57. The van der Waals surface area contributed by atoms with Crippen molar-refractivity contribution in [2.24, 2.45) is 0 Å². The first-order valence-electron chi connectivity index (χ1n) is 18.1. The van der Waals surface area contributed by atoms with Crippen molar-refractivity contribution in [2.75, 3.05) is 43.9 Å². The maximum absolute atomic E-state index is 12.6. The summed E-state index contributed by atoms with van der Waals surface area (Å²) in [5.41, 5.74) is 0.00393. The summed E-state index contributed by atoms with van der Waals surface area (Å²) in [4.78, 5) is 38.3. The predicted octanol–water partition coefficient (Wildman–Crippen LogP) is 8.59. The molecule has 0 heterocycles. The van der Waals surface area contributed by atoms with E-state index in [-0.39, 0.29) is 12.1 Å². The molecule has 1 aromatic carbocycles. The zero-order valence-electron chi connectivity index (χ0n) is 28.5. The quantitative estimate of drug-likeness (QED) is 0.0498. The molecule has 0 aliphatic rings. The Morgan fingerprint density at radius 3 is 1.72 bits per heavy atom. The number of unbranched alkanes of at least 4 members (excludes halogenated alkanes) is 14. The highest BCUT2D eigenvalue weighted by Gasteiger charge is 2.19. The number of anilines is 2. The molecular weight excluding hydrogens is 538 g/mol. The average molecular weight is 606 g/mol. The Kier molecular flexibility index (Phi) is 24.1. The lowest BCUT2D eigenvalue weighted by molar-refractivity contribution is -0.150. The Balaban J connectivity index is 2.21. The van der Waals surface area contributed by atoms with Gasteiger partial charge in [0.25, 0.3) is 10.9 Å². The number of nitrogens with one attached hydrogen (secondary N) is 2. The van der Waals surface area contributed by atoms with E-state index in [1.807, 2.05) is 0 Å². The fourth-order valence-electron chi connectivity index (χ4n) is 5.91. The van der Waals surface area contributed by atoms with Crippen LogP contribution >= 0.6 is 0 Å². The van der Waals surface area contributed by atoms with E-state index in [0.717, 1.165) is 64.6 Å². The molecule has 0 aliphatic heterocycles. The van der Waals surface area contributed by atoms with Gasteiger partial charge in [-0.1, -0.05) is 104 Å². The summed E-state index contributed by atoms with van der Waals surface area (Å²) in [5, 5.41) is 5.93. The Morgan fingerprint density at radius 2 is 1.14 bits per heavy atom. The van der Waals surface area contributed by atoms with Crippen LogP contribution < -0.4 is 21.5 Å². The smallest absolute Gasteiger partial charge is 0.306 e. The van der Waals surface area contributed by atoms with Gasteiger partial charge in [-0.15, -0.1) is 0 Å². The van der Waals surface area contributed by atoms with Gasteiger partial charge in [-0.3, -0.25) is 14.4 Å². The molecule has 0 aromatic heterocycles. The van der Waals surface area contributed by atoms with Gasteiger partial charge in [-0.25, -0.2) is 0 Å². The minimum atomic E-state index is -0.425. The van der Waals surface area contributed by atoms with Crippen LogP contribution in [0.5, 0.6) is 0 Å². The van der Waals surface area contributed by atoms with Crippen LogP contribution in [0.2, 0.25) is 0 Å². The van der Waals surface area contributed by atoms with Crippen LogP contribution in [-0.2, 0) is 9.53 Å². The largest absolute Gasteiger partial charge is 0.462 e. The van der Waals surface area contributed by atoms with Crippen molar-refractivity contribution in [1.29, 1.82) is 0 Å². The third kappa shape index (κ3) is 18.5. The van der Waals surface area contributed by atoms with Crippen LogP contribution in [0.4, 0.5) is 11.4 Å². The van der Waals surface area contributed by atoms with Crippen molar-refractivity contribution < 1.29 is 9.53 Å². The van der Waals surface area contributed by atoms with E-state index in [4.69, 9.17) is 4.74 Å². The van der Waals surface area contributed by atoms with E-state index in [0.29, 0.717) is 24.3 Å². The first-order chi connectivity index (χ1) is 21.0. The molecule has 0 aliphatic carbocycles. The highest BCUT2D eigenvalue weighted by molar-refractivity contribution is 5.73. The second-order valence-electron chi connectivity index (χ2n) is 12.5. The minimum Gasteiger partial charge on any atom is -0.462 e. The van der Waals surface area contributed by atoms with Gasteiger partial charge in [0.2, 0.25) is 0 Å². The van der Waals surface area contributed by atoms with Crippen molar-refractivity contribution in [3.05, 3.63) is 20.4 Å². The highest BCUT2D eigenvalue weighted by Crippen LogP contribution is 2.18. The topological polar surface area (TPSA) is 87.7 Å². The van der Waals surface area contributed by atoms with Crippen molar-refractivity contribution in [2.45, 2.75) is 168 Å². The summed E-state index contributed by atoms with van der Waals surface area (Å²) in [6, 6.07) is 0.